The summed E-state index contributed by atoms with van der Waals surface area (Å²) in [6.45, 7) is 0. The maximum atomic E-state index is 12.1. The van der Waals surface area contributed by atoms with Crippen LogP contribution in [-0.2, 0) is 4.79 Å². The number of nitrogens with two attached hydrogens (primary N) is 1. The van der Waals surface area contributed by atoms with Crippen LogP contribution in [0.4, 0.5) is 5.82 Å². The third kappa shape index (κ3) is 5.27. The predicted octanol–water partition coefficient (Wildman–Crippen LogP) is 6.14. The first-order valence-corrected chi connectivity index (χ1v) is 10.4. The van der Waals surface area contributed by atoms with E-state index in [1.807, 2.05) is 48.5 Å². The second-order valence-corrected chi connectivity index (χ2v) is 7.56. The Bertz CT molecular complexity index is 1360. The molecular weight excluding hydrogens is 434 g/mol. The highest BCUT2D eigenvalue weighted by atomic mass is 35.5. The van der Waals surface area contributed by atoms with Crippen molar-refractivity contribution >= 4 is 29.5 Å². The molecule has 1 heterocycles. The fraction of sp³-hybridized carbons (Fsp3) is 0. The predicted molar refractivity (Wildman–Crippen MR) is 130 cm³/mol. The summed E-state index contributed by atoms with van der Waals surface area (Å²) in [5.41, 5.74) is 10.1. The average Bonchev–Trinajstić information content (AvgIpc) is 2.84. The average molecular weight is 452 g/mol. The van der Waals surface area contributed by atoms with Gasteiger partial charge in [-0.15, -0.1) is 0 Å². The molecule has 0 bridgehead atoms. The van der Waals surface area contributed by atoms with Gasteiger partial charge in [0.2, 0.25) is 0 Å². The Kier molecular flexibility index (Phi) is 6.49. The molecule has 4 rings (SSSR count). The number of anilines is 1. The number of carbonyl (C=O) groups excluding carboxylic acids is 1. The topological polar surface area (TPSA) is 89.0 Å². The number of carbonyl (C=O) groups is 1. The van der Waals surface area contributed by atoms with E-state index in [0.29, 0.717) is 22.0 Å². The number of ether oxygens (including phenoxy) is 1. The number of nitriles is 1. The Morgan fingerprint density at radius 1 is 0.970 bits per heavy atom. The van der Waals surface area contributed by atoms with E-state index in [4.69, 9.17) is 22.1 Å². The maximum absolute atomic E-state index is 12.1. The van der Waals surface area contributed by atoms with Gasteiger partial charge in [0.25, 0.3) is 0 Å². The van der Waals surface area contributed by atoms with E-state index in [9.17, 15) is 10.1 Å². The molecule has 5 nitrogen and oxygen atoms in total. The van der Waals surface area contributed by atoms with E-state index in [-0.39, 0.29) is 11.4 Å². The van der Waals surface area contributed by atoms with Crippen molar-refractivity contribution < 1.29 is 9.53 Å². The van der Waals surface area contributed by atoms with E-state index in [2.05, 4.69) is 11.1 Å². The van der Waals surface area contributed by atoms with Crippen LogP contribution in [-0.4, -0.2) is 11.0 Å². The third-order valence-corrected chi connectivity index (χ3v) is 5.15. The normalized spacial score (nSPS) is 10.7. The van der Waals surface area contributed by atoms with Gasteiger partial charge < -0.3 is 10.5 Å². The molecule has 0 saturated carbocycles. The molecule has 0 saturated heterocycles. The highest BCUT2D eigenvalue weighted by molar-refractivity contribution is 6.30. The second kappa shape index (κ2) is 9.82. The number of rotatable bonds is 5. The summed E-state index contributed by atoms with van der Waals surface area (Å²) in [6.07, 6.45) is 3.06. The van der Waals surface area contributed by atoms with Crippen molar-refractivity contribution in [1.29, 1.82) is 5.26 Å². The van der Waals surface area contributed by atoms with E-state index >= 15 is 0 Å². The van der Waals surface area contributed by atoms with Gasteiger partial charge in [-0.2, -0.15) is 5.26 Å². The molecule has 33 heavy (non-hydrogen) atoms. The molecular formula is C27H18ClN3O2. The van der Waals surface area contributed by atoms with Crippen LogP contribution in [0.1, 0.15) is 11.1 Å². The molecule has 0 fully saturated rings. The fourth-order valence-corrected chi connectivity index (χ4v) is 3.39. The molecule has 0 atom stereocenters. The van der Waals surface area contributed by atoms with Crippen molar-refractivity contribution in [2.75, 3.05) is 5.73 Å². The largest absolute Gasteiger partial charge is 0.423 e. The summed E-state index contributed by atoms with van der Waals surface area (Å²) in [6, 6.07) is 27.5. The van der Waals surface area contributed by atoms with Crippen molar-refractivity contribution in [2.45, 2.75) is 0 Å². The lowest BCUT2D eigenvalue weighted by atomic mass is 9.98. The summed E-state index contributed by atoms with van der Waals surface area (Å²) < 4.78 is 5.37. The quantitative estimate of drug-likeness (QED) is 0.223. The van der Waals surface area contributed by atoms with Gasteiger partial charge in [-0.05, 0) is 47.5 Å². The van der Waals surface area contributed by atoms with Crippen molar-refractivity contribution in [2.24, 2.45) is 0 Å². The van der Waals surface area contributed by atoms with Crippen LogP contribution < -0.4 is 10.5 Å². The minimum Gasteiger partial charge on any atom is -0.423 e. The van der Waals surface area contributed by atoms with Crippen molar-refractivity contribution in [3.63, 3.8) is 0 Å². The number of aromatic nitrogens is 1. The van der Waals surface area contributed by atoms with Crippen LogP contribution in [0.5, 0.6) is 5.75 Å². The first-order chi connectivity index (χ1) is 16.0. The Morgan fingerprint density at radius 3 is 2.30 bits per heavy atom. The number of nitrogens with zero attached hydrogens (tertiary/aromatic N) is 2. The summed E-state index contributed by atoms with van der Waals surface area (Å²) in [7, 11) is 0. The number of nitrogen functional groups attached to an aromatic ring is 1. The van der Waals surface area contributed by atoms with Crippen molar-refractivity contribution in [3.05, 3.63) is 107 Å². The van der Waals surface area contributed by atoms with Crippen LogP contribution in [0.25, 0.3) is 28.5 Å². The molecule has 0 unspecified atom stereocenters. The molecule has 2 N–H and O–H groups in total. The van der Waals surface area contributed by atoms with Crippen LogP contribution in [0.15, 0.2) is 91.0 Å². The van der Waals surface area contributed by atoms with Gasteiger partial charge in [0.05, 0.1) is 5.69 Å². The molecule has 0 spiro atoms. The highest BCUT2D eigenvalue weighted by Crippen LogP contribution is 2.32. The van der Waals surface area contributed by atoms with E-state index in [1.54, 1.807) is 42.5 Å². The summed E-state index contributed by atoms with van der Waals surface area (Å²) >= 11 is 5.98. The summed E-state index contributed by atoms with van der Waals surface area (Å²) in [5.74, 6) is 0.0453. The van der Waals surface area contributed by atoms with Gasteiger partial charge in [0.15, 0.2) is 0 Å². The van der Waals surface area contributed by atoms with E-state index in [1.165, 1.54) is 6.08 Å². The minimum absolute atomic E-state index is 0.140. The zero-order chi connectivity index (χ0) is 23.2. The van der Waals surface area contributed by atoms with Gasteiger partial charge >= 0.3 is 5.97 Å². The first-order valence-electron chi connectivity index (χ1n) is 10.1. The summed E-state index contributed by atoms with van der Waals surface area (Å²) in [5, 5.41) is 10.2. The number of halogens is 1. The van der Waals surface area contributed by atoms with Crippen LogP contribution in [0, 0.1) is 11.3 Å². The Balaban J connectivity index is 1.58. The molecule has 160 valence electrons. The molecule has 0 aliphatic carbocycles. The third-order valence-electron chi connectivity index (χ3n) is 4.89. The summed E-state index contributed by atoms with van der Waals surface area (Å²) in [4.78, 5) is 16.5. The monoisotopic (exact) mass is 451 g/mol. The standard InChI is InChI=1S/C27H18ClN3O2/c28-21-11-7-20(8-12-21)25-16-23(24(17-29)27(30)31-25)19-9-13-22(14-10-19)33-26(32)15-6-18-4-2-1-3-5-18/h1-16H,(H2,30,31)/b15-6-. The Morgan fingerprint density at radius 2 is 1.64 bits per heavy atom. The highest BCUT2D eigenvalue weighted by Gasteiger charge is 2.14. The molecule has 0 amide bonds. The number of hydrogen-bond donors (Lipinski definition) is 1. The Hall–Kier alpha value is -4.40. The van der Waals surface area contributed by atoms with E-state index < -0.39 is 5.97 Å². The first kappa shape index (κ1) is 21.8. The zero-order valence-electron chi connectivity index (χ0n) is 17.4. The van der Waals surface area contributed by atoms with Crippen LogP contribution in [0.2, 0.25) is 5.02 Å². The zero-order valence-corrected chi connectivity index (χ0v) is 18.2. The number of esters is 1. The minimum atomic E-state index is -0.484. The van der Waals surface area contributed by atoms with Crippen molar-refractivity contribution in [1.82, 2.24) is 4.98 Å². The van der Waals surface area contributed by atoms with Gasteiger partial charge in [-0.1, -0.05) is 66.2 Å². The SMILES string of the molecule is N#Cc1c(-c2ccc(OC(=O)/C=C\c3ccccc3)cc2)cc(-c2ccc(Cl)cc2)nc1N. The molecule has 1 aromatic heterocycles. The van der Waals surface area contributed by atoms with Crippen molar-refractivity contribution in [3.8, 4) is 34.2 Å². The number of pyridine rings is 1. The molecule has 4 aromatic rings. The smallest absolute Gasteiger partial charge is 0.336 e. The van der Waals surface area contributed by atoms with Gasteiger partial charge in [0, 0.05) is 22.2 Å². The Labute approximate surface area is 196 Å². The van der Waals surface area contributed by atoms with E-state index in [0.717, 1.165) is 16.7 Å². The van der Waals surface area contributed by atoms with Crippen LogP contribution >= 0.6 is 11.6 Å². The fourth-order valence-electron chi connectivity index (χ4n) is 3.26. The lowest BCUT2D eigenvalue weighted by Crippen LogP contribution is -2.03. The number of benzene rings is 3. The molecule has 0 aliphatic rings. The molecule has 0 aliphatic heterocycles. The van der Waals surface area contributed by atoms with Gasteiger partial charge in [0.1, 0.15) is 23.2 Å². The van der Waals surface area contributed by atoms with Gasteiger partial charge in [-0.3, -0.25) is 0 Å². The second-order valence-electron chi connectivity index (χ2n) is 7.12. The van der Waals surface area contributed by atoms with Crippen LogP contribution in [0.3, 0.4) is 0 Å². The molecule has 6 heteroatoms. The lowest BCUT2D eigenvalue weighted by molar-refractivity contribution is -0.128. The maximum Gasteiger partial charge on any atom is 0.336 e. The molecule has 0 radical (unpaired) electrons. The number of hydrogen-bond acceptors (Lipinski definition) is 5. The van der Waals surface area contributed by atoms with Gasteiger partial charge in [-0.25, -0.2) is 9.78 Å². The lowest BCUT2D eigenvalue weighted by Gasteiger charge is -2.11. The molecule has 3 aromatic carbocycles.